The minimum Gasteiger partial charge on any atom is -0.494 e. The minimum atomic E-state index is -0.144. The number of thioether (sulfide) groups is 1. The van der Waals surface area contributed by atoms with Crippen molar-refractivity contribution in [2.45, 2.75) is 19.1 Å². The van der Waals surface area contributed by atoms with Crippen LogP contribution in [0.1, 0.15) is 12.5 Å². The highest BCUT2D eigenvalue weighted by Gasteiger charge is 2.11. The molecule has 0 aliphatic rings. The summed E-state index contributed by atoms with van der Waals surface area (Å²) in [5.74, 6) is 1.26. The molecular weight excluding hydrogens is 350 g/mol. The first-order valence-corrected chi connectivity index (χ1v) is 9.18. The minimum absolute atomic E-state index is 0.144. The molecule has 1 amide bonds. The average Bonchev–Trinajstić information content (AvgIpc) is 3.11. The lowest BCUT2D eigenvalue weighted by molar-refractivity contribution is -0.113. The molecule has 0 atom stereocenters. The van der Waals surface area contributed by atoms with E-state index in [2.05, 4.69) is 15.5 Å². The van der Waals surface area contributed by atoms with Gasteiger partial charge in [-0.1, -0.05) is 29.5 Å². The van der Waals surface area contributed by atoms with E-state index in [1.54, 1.807) is 12.1 Å². The summed E-state index contributed by atoms with van der Waals surface area (Å²) in [5.41, 5.74) is 2.69. The van der Waals surface area contributed by atoms with Gasteiger partial charge in [0.25, 0.3) is 5.22 Å². The third-order valence-electron chi connectivity index (χ3n) is 3.45. The Labute approximate surface area is 156 Å². The summed E-state index contributed by atoms with van der Waals surface area (Å²) >= 11 is 1.20. The number of carbonyl (C=O) groups excluding carboxylic acids is 1. The molecule has 0 aliphatic carbocycles. The molecule has 3 rings (SSSR count). The van der Waals surface area contributed by atoms with Gasteiger partial charge < -0.3 is 14.5 Å². The molecule has 0 unspecified atom stereocenters. The summed E-state index contributed by atoms with van der Waals surface area (Å²) in [6.45, 7) is 4.53. The van der Waals surface area contributed by atoms with Crippen molar-refractivity contribution in [2.75, 3.05) is 17.7 Å². The van der Waals surface area contributed by atoms with Crippen LogP contribution in [-0.2, 0) is 4.79 Å². The molecule has 0 radical (unpaired) electrons. The first-order chi connectivity index (χ1) is 12.6. The Bertz CT molecular complexity index is 878. The van der Waals surface area contributed by atoms with E-state index < -0.39 is 0 Å². The van der Waals surface area contributed by atoms with Gasteiger partial charge in [0.05, 0.1) is 12.4 Å². The molecule has 0 saturated heterocycles. The van der Waals surface area contributed by atoms with Crippen molar-refractivity contribution >= 4 is 23.4 Å². The molecule has 1 heterocycles. The van der Waals surface area contributed by atoms with E-state index in [1.165, 1.54) is 11.8 Å². The van der Waals surface area contributed by atoms with Gasteiger partial charge in [0, 0.05) is 11.3 Å². The van der Waals surface area contributed by atoms with Gasteiger partial charge in [-0.2, -0.15) is 0 Å². The second kappa shape index (κ2) is 8.53. The van der Waals surface area contributed by atoms with Crippen molar-refractivity contribution < 1.29 is 13.9 Å². The standard InChI is InChI=1S/C19H19N3O3S/c1-3-24-16-9-7-15(8-10-16)20-17(23)12-26-19-22-21-18(25-19)14-6-4-5-13(2)11-14/h4-11H,3,12H2,1-2H3,(H,20,23). The van der Waals surface area contributed by atoms with Crippen LogP contribution in [0.15, 0.2) is 58.2 Å². The number of carbonyl (C=O) groups is 1. The Balaban J connectivity index is 1.53. The van der Waals surface area contributed by atoms with Gasteiger partial charge in [-0.25, -0.2) is 0 Å². The van der Waals surface area contributed by atoms with E-state index in [1.807, 2.05) is 50.2 Å². The largest absolute Gasteiger partial charge is 0.494 e. The summed E-state index contributed by atoms with van der Waals surface area (Å²) in [6.07, 6.45) is 0. The summed E-state index contributed by atoms with van der Waals surface area (Å²) in [4.78, 5) is 12.1. The highest BCUT2D eigenvalue weighted by atomic mass is 32.2. The molecule has 2 aromatic carbocycles. The summed E-state index contributed by atoms with van der Waals surface area (Å²) < 4.78 is 11.0. The zero-order valence-corrected chi connectivity index (χ0v) is 15.4. The molecule has 0 spiro atoms. The SMILES string of the molecule is CCOc1ccc(NC(=O)CSc2nnc(-c3cccc(C)c3)o2)cc1. The fourth-order valence-electron chi connectivity index (χ4n) is 2.29. The van der Waals surface area contributed by atoms with Crippen LogP contribution in [0, 0.1) is 6.92 Å². The van der Waals surface area contributed by atoms with Gasteiger partial charge in [-0.05, 0) is 50.2 Å². The third kappa shape index (κ3) is 4.86. The van der Waals surface area contributed by atoms with E-state index >= 15 is 0 Å². The van der Waals surface area contributed by atoms with Gasteiger partial charge in [-0.15, -0.1) is 10.2 Å². The summed E-state index contributed by atoms with van der Waals surface area (Å²) in [6, 6.07) is 15.1. The van der Waals surface area contributed by atoms with Gasteiger partial charge in [-0.3, -0.25) is 4.79 Å². The molecule has 0 aliphatic heterocycles. The molecule has 1 aromatic heterocycles. The van der Waals surface area contributed by atoms with Crippen LogP contribution < -0.4 is 10.1 Å². The van der Waals surface area contributed by atoms with Crippen molar-refractivity contribution in [1.29, 1.82) is 0 Å². The van der Waals surface area contributed by atoms with Crippen LogP contribution in [0.25, 0.3) is 11.5 Å². The smallest absolute Gasteiger partial charge is 0.277 e. The Kier molecular flexibility index (Phi) is 5.91. The molecule has 134 valence electrons. The van der Waals surface area contributed by atoms with Gasteiger partial charge >= 0.3 is 0 Å². The topological polar surface area (TPSA) is 77.2 Å². The normalized spacial score (nSPS) is 10.5. The second-order valence-corrected chi connectivity index (χ2v) is 6.46. The van der Waals surface area contributed by atoms with Crippen LogP contribution >= 0.6 is 11.8 Å². The molecule has 7 heteroatoms. The lowest BCUT2D eigenvalue weighted by Crippen LogP contribution is -2.13. The van der Waals surface area contributed by atoms with E-state index in [0.29, 0.717) is 23.4 Å². The molecule has 1 N–H and O–H groups in total. The highest BCUT2D eigenvalue weighted by Crippen LogP contribution is 2.24. The first-order valence-electron chi connectivity index (χ1n) is 8.20. The van der Waals surface area contributed by atoms with Crippen molar-refractivity contribution in [1.82, 2.24) is 10.2 Å². The maximum atomic E-state index is 12.1. The van der Waals surface area contributed by atoms with E-state index in [4.69, 9.17) is 9.15 Å². The van der Waals surface area contributed by atoms with Crippen LogP contribution in [-0.4, -0.2) is 28.5 Å². The maximum Gasteiger partial charge on any atom is 0.277 e. The summed E-state index contributed by atoms with van der Waals surface area (Å²) in [5, 5.41) is 11.2. The monoisotopic (exact) mass is 369 g/mol. The number of benzene rings is 2. The number of aryl methyl sites for hydroxylation is 1. The predicted molar refractivity (Wildman–Crippen MR) is 101 cm³/mol. The quantitative estimate of drug-likeness (QED) is 0.630. The predicted octanol–water partition coefficient (Wildman–Crippen LogP) is 4.17. The van der Waals surface area contributed by atoms with Crippen LogP contribution in [0.4, 0.5) is 5.69 Å². The Morgan fingerprint density at radius 2 is 2.00 bits per heavy atom. The van der Waals surface area contributed by atoms with Crippen molar-refractivity contribution in [2.24, 2.45) is 0 Å². The number of anilines is 1. The van der Waals surface area contributed by atoms with Crippen molar-refractivity contribution in [3.05, 3.63) is 54.1 Å². The molecule has 0 fully saturated rings. The molecule has 6 nitrogen and oxygen atoms in total. The van der Waals surface area contributed by atoms with E-state index in [-0.39, 0.29) is 11.7 Å². The molecular formula is C19H19N3O3S. The first kappa shape index (κ1) is 18.0. The lowest BCUT2D eigenvalue weighted by atomic mass is 10.1. The second-order valence-electron chi connectivity index (χ2n) is 5.54. The Morgan fingerprint density at radius 3 is 2.73 bits per heavy atom. The van der Waals surface area contributed by atoms with Crippen LogP contribution in [0.3, 0.4) is 0 Å². The number of hydrogen-bond donors (Lipinski definition) is 1. The summed E-state index contributed by atoms with van der Waals surface area (Å²) in [7, 11) is 0. The fourth-order valence-corrected chi connectivity index (χ4v) is 2.85. The number of nitrogens with zero attached hydrogens (tertiary/aromatic N) is 2. The number of nitrogens with one attached hydrogen (secondary N) is 1. The highest BCUT2D eigenvalue weighted by molar-refractivity contribution is 7.99. The maximum absolute atomic E-state index is 12.1. The number of aromatic nitrogens is 2. The van der Waals surface area contributed by atoms with E-state index in [9.17, 15) is 4.79 Å². The fraction of sp³-hybridized carbons (Fsp3) is 0.211. The van der Waals surface area contributed by atoms with Gasteiger partial charge in [0.15, 0.2) is 0 Å². The molecule has 26 heavy (non-hydrogen) atoms. The molecule has 0 bridgehead atoms. The Morgan fingerprint density at radius 1 is 1.19 bits per heavy atom. The average molecular weight is 369 g/mol. The zero-order valence-electron chi connectivity index (χ0n) is 14.6. The van der Waals surface area contributed by atoms with Gasteiger partial charge in [0.2, 0.25) is 11.8 Å². The number of rotatable bonds is 7. The number of hydrogen-bond acceptors (Lipinski definition) is 6. The van der Waals surface area contributed by atoms with Crippen molar-refractivity contribution in [3.63, 3.8) is 0 Å². The van der Waals surface area contributed by atoms with Crippen molar-refractivity contribution in [3.8, 4) is 17.2 Å². The van der Waals surface area contributed by atoms with Crippen LogP contribution in [0.5, 0.6) is 5.75 Å². The third-order valence-corrected chi connectivity index (χ3v) is 4.27. The Hall–Kier alpha value is -2.80. The molecule has 3 aromatic rings. The number of ether oxygens (including phenoxy) is 1. The number of amides is 1. The lowest BCUT2D eigenvalue weighted by Gasteiger charge is -2.06. The van der Waals surface area contributed by atoms with E-state index in [0.717, 1.165) is 16.9 Å². The molecule has 0 saturated carbocycles. The van der Waals surface area contributed by atoms with Gasteiger partial charge in [0.1, 0.15) is 5.75 Å². The van der Waals surface area contributed by atoms with Crippen LogP contribution in [0.2, 0.25) is 0 Å². The zero-order chi connectivity index (χ0) is 18.4.